The van der Waals surface area contributed by atoms with Crippen LogP contribution in [0.1, 0.15) is 19.3 Å². The summed E-state index contributed by atoms with van der Waals surface area (Å²) < 4.78 is 1.44. The van der Waals surface area contributed by atoms with Gasteiger partial charge in [0.25, 0.3) is 0 Å². The van der Waals surface area contributed by atoms with Gasteiger partial charge in [-0.2, -0.15) is 0 Å². The summed E-state index contributed by atoms with van der Waals surface area (Å²) in [5.41, 5.74) is 6.34. The average molecular weight is 358 g/mol. The van der Waals surface area contributed by atoms with Gasteiger partial charge in [-0.1, -0.05) is 0 Å². The second kappa shape index (κ2) is 8.25. The van der Waals surface area contributed by atoms with Gasteiger partial charge in [-0.05, 0) is 0 Å². The second-order valence-electron chi connectivity index (χ2n) is 4.27. The van der Waals surface area contributed by atoms with Crippen molar-refractivity contribution >= 4 is 48.3 Å². The van der Waals surface area contributed by atoms with Crippen molar-refractivity contribution in [2.45, 2.75) is 19.3 Å². The zero-order valence-corrected chi connectivity index (χ0v) is 14.3. The van der Waals surface area contributed by atoms with Crippen LogP contribution in [-0.2, 0) is 4.79 Å². The maximum absolute atomic E-state index is 11.7. The van der Waals surface area contributed by atoms with Crippen LogP contribution >= 0.6 is 20.0 Å². The zero-order valence-electron chi connectivity index (χ0n) is 10.8. The van der Waals surface area contributed by atoms with Crippen LogP contribution in [0.4, 0.5) is 5.69 Å². The van der Waals surface area contributed by atoms with Gasteiger partial charge in [-0.15, -0.1) is 0 Å². The van der Waals surface area contributed by atoms with E-state index in [1.165, 1.54) is 22.3 Å². The van der Waals surface area contributed by atoms with Crippen LogP contribution in [0.3, 0.4) is 0 Å². The number of amides is 1. The molecular weight excluding hydrogens is 339 g/mol. The van der Waals surface area contributed by atoms with Gasteiger partial charge in [-0.3, -0.25) is 0 Å². The number of carbonyl (C=O) groups is 1. The number of hydrogen-bond donors (Lipinski definition) is 2. The monoisotopic (exact) mass is 358 g/mol. The Bertz CT molecular complexity index is 425. The second-order valence-corrected chi connectivity index (χ2v) is 16.0. The Hall–Kier alpha value is -0.0916. The molecule has 1 saturated heterocycles. The fourth-order valence-corrected chi connectivity index (χ4v) is 14.8. The number of rotatable bonds is 5. The molecule has 1 aromatic rings. The molecular formula is C13H19AsN2OS2. The van der Waals surface area contributed by atoms with Crippen LogP contribution in [0.25, 0.3) is 0 Å². The molecule has 0 radical (unpaired) electrons. The molecule has 1 aliphatic rings. The summed E-state index contributed by atoms with van der Waals surface area (Å²) in [5.74, 6) is 2.65. The average Bonchev–Trinajstić information content (AvgIpc) is 2.46. The third-order valence-electron chi connectivity index (χ3n) is 2.65. The first-order chi connectivity index (χ1) is 9.29. The predicted octanol–water partition coefficient (Wildman–Crippen LogP) is 1.93. The molecule has 1 aromatic carbocycles. The summed E-state index contributed by atoms with van der Waals surface area (Å²) in [4.78, 5) is 11.7. The van der Waals surface area contributed by atoms with E-state index in [1.54, 1.807) is 0 Å². The van der Waals surface area contributed by atoms with Crippen molar-refractivity contribution in [2.75, 3.05) is 23.4 Å². The third kappa shape index (κ3) is 5.07. The Kier molecular flexibility index (Phi) is 6.65. The van der Waals surface area contributed by atoms with E-state index in [0.29, 0.717) is 13.0 Å². The third-order valence-corrected chi connectivity index (χ3v) is 16.3. The van der Waals surface area contributed by atoms with E-state index < -0.39 is 12.3 Å². The van der Waals surface area contributed by atoms with Crippen LogP contribution in [0.2, 0.25) is 0 Å². The van der Waals surface area contributed by atoms with Gasteiger partial charge >= 0.3 is 126 Å². The van der Waals surface area contributed by atoms with Crippen LogP contribution in [0.5, 0.6) is 0 Å². The SMILES string of the molecule is NCCCC(=O)Nc1cccc([As]2SCCCS2)c1. The molecule has 0 bridgehead atoms. The topological polar surface area (TPSA) is 55.1 Å². The van der Waals surface area contributed by atoms with Gasteiger partial charge in [-0.25, -0.2) is 0 Å². The number of carbonyl (C=O) groups excluding carboxylic acids is 1. The molecule has 19 heavy (non-hydrogen) atoms. The Morgan fingerprint density at radius 1 is 1.37 bits per heavy atom. The van der Waals surface area contributed by atoms with E-state index in [4.69, 9.17) is 5.73 Å². The summed E-state index contributed by atoms with van der Waals surface area (Å²) >= 11 is -0.989. The van der Waals surface area contributed by atoms with E-state index >= 15 is 0 Å². The van der Waals surface area contributed by atoms with Crippen molar-refractivity contribution in [3.8, 4) is 0 Å². The summed E-state index contributed by atoms with van der Waals surface area (Å²) in [6.07, 6.45) is 2.58. The Balaban J connectivity index is 1.96. The molecule has 1 aliphatic heterocycles. The predicted molar refractivity (Wildman–Crippen MR) is 88.3 cm³/mol. The molecule has 2 rings (SSSR count). The zero-order chi connectivity index (χ0) is 13.5. The number of nitrogens with two attached hydrogens (primary N) is 1. The van der Waals surface area contributed by atoms with Crippen LogP contribution in [-0.4, -0.2) is 36.3 Å². The molecule has 0 unspecified atom stereocenters. The fourth-order valence-electron chi connectivity index (χ4n) is 1.72. The normalized spacial score (nSPS) is 16.3. The van der Waals surface area contributed by atoms with Crippen molar-refractivity contribution in [1.82, 2.24) is 0 Å². The first-order valence-electron chi connectivity index (χ1n) is 6.45. The molecule has 0 spiro atoms. The Morgan fingerprint density at radius 2 is 2.16 bits per heavy atom. The maximum atomic E-state index is 11.7. The fraction of sp³-hybridized carbons (Fsp3) is 0.462. The summed E-state index contributed by atoms with van der Waals surface area (Å²) in [7, 11) is 4.27. The number of nitrogens with one attached hydrogen (secondary N) is 1. The van der Waals surface area contributed by atoms with Crippen LogP contribution < -0.4 is 15.4 Å². The van der Waals surface area contributed by atoms with Crippen LogP contribution in [0, 0.1) is 0 Å². The van der Waals surface area contributed by atoms with E-state index in [0.717, 1.165) is 12.1 Å². The van der Waals surface area contributed by atoms with Crippen molar-refractivity contribution in [3.05, 3.63) is 24.3 Å². The van der Waals surface area contributed by atoms with E-state index in [9.17, 15) is 4.79 Å². The van der Waals surface area contributed by atoms with Crippen molar-refractivity contribution in [3.63, 3.8) is 0 Å². The number of anilines is 1. The Morgan fingerprint density at radius 3 is 2.89 bits per heavy atom. The van der Waals surface area contributed by atoms with E-state index in [1.807, 2.05) is 6.07 Å². The molecule has 1 fully saturated rings. The molecule has 1 amide bonds. The molecule has 3 N–H and O–H groups in total. The first kappa shape index (κ1) is 15.3. The molecule has 1 heterocycles. The minimum atomic E-state index is -0.989. The molecule has 104 valence electrons. The Labute approximate surface area is 125 Å². The van der Waals surface area contributed by atoms with Gasteiger partial charge in [0.05, 0.1) is 0 Å². The standard InChI is InChI=1S/C13H19AsN2OS2/c15-7-2-6-13(17)16-12-5-1-4-11(10-12)14-18-8-3-9-19-14/h1,4-5,10H,2-3,6-9,15H2,(H,16,17). The van der Waals surface area contributed by atoms with Gasteiger partial charge in [0.1, 0.15) is 0 Å². The minimum absolute atomic E-state index is 0.0639. The molecule has 0 saturated carbocycles. The van der Waals surface area contributed by atoms with Crippen molar-refractivity contribution in [2.24, 2.45) is 5.73 Å². The number of benzene rings is 1. The number of hydrogen-bond acceptors (Lipinski definition) is 4. The van der Waals surface area contributed by atoms with E-state index in [-0.39, 0.29) is 5.91 Å². The summed E-state index contributed by atoms with van der Waals surface area (Å²) in [6, 6.07) is 8.39. The van der Waals surface area contributed by atoms with Gasteiger partial charge in [0, 0.05) is 0 Å². The van der Waals surface area contributed by atoms with Gasteiger partial charge in [0.2, 0.25) is 0 Å². The van der Waals surface area contributed by atoms with E-state index in [2.05, 4.69) is 43.6 Å². The molecule has 0 aromatic heterocycles. The van der Waals surface area contributed by atoms with Gasteiger partial charge in [0.15, 0.2) is 0 Å². The summed E-state index contributed by atoms with van der Waals surface area (Å²) in [5, 5.41) is 2.97. The molecule has 0 aliphatic carbocycles. The molecule has 6 heteroatoms. The molecule has 0 atom stereocenters. The van der Waals surface area contributed by atoms with Crippen LogP contribution in [0.15, 0.2) is 24.3 Å². The molecule has 3 nitrogen and oxygen atoms in total. The quantitative estimate of drug-likeness (QED) is 0.790. The van der Waals surface area contributed by atoms with Crippen molar-refractivity contribution in [1.29, 1.82) is 0 Å². The first-order valence-corrected chi connectivity index (χ1v) is 13.9. The van der Waals surface area contributed by atoms with Gasteiger partial charge < -0.3 is 0 Å². The van der Waals surface area contributed by atoms with Crippen molar-refractivity contribution < 1.29 is 4.79 Å². The summed E-state index contributed by atoms with van der Waals surface area (Å²) in [6.45, 7) is 0.566.